The van der Waals surface area contributed by atoms with Gasteiger partial charge in [-0.15, -0.1) is 0 Å². The van der Waals surface area contributed by atoms with Crippen molar-refractivity contribution in [2.45, 2.75) is 6.42 Å². The van der Waals surface area contributed by atoms with E-state index in [4.69, 9.17) is 18.0 Å². The van der Waals surface area contributed by atoms with Crippen LogP contribution in [0.25, 0.3) is 16.9 Å². The van der Waals surface area contributed by atoms with E-state index >= 15 is 0 Å². The lowest BCUT2D eigenvalue weighted by Crippen LogP contribution is -2.13. The van der Waals surface area contributed by atoms with Crippen molar-refractivity contribution in [1.29, 1.82) is 0 Å². The lowest BCUT2D eigenvalue weighted by Gasteiger charge is -2.04. The normalized spacial score (nSPS) is 10.8. The Balaban J connectivity index is 2.28. The Kier molecular flexibility index (Phi) is 3.20. The van der Waals surface area contributed by atoms with Gasteiger partial charge in [-0.2, -0.15) is 0 Å². The molecule has 0 amide bonds. The van der Waals surface area contributed by atoms with Gasteiger partial charge in [-0.1, -0.05) is 42.5 Å². The number of imidazole rings is 1. The minimum absolute atomic E-state index is 0.321. The maximum absolute atomic E-state index is 13.5. The zero-order chi connectivity index (χ0) is 14.1. The molecule has 0 spiro atoms. The molecular formula is C15H12FN3S. The van der Waals surface area contributed by atoms with Crippen LogP contribution >= 0.6 is 12.2 Å². The predicted octanol–water partition coefficient (Wildman–Crippen LogP) is 2.97. The van der Waals surface area contributed by atoms with E-state index in [1.807, 2.05) is 30.3 Å². The molecule has 20 heavy (non-hydrogen) atoms. The van der Waals surface area contributed by atoms with E-state index < -0.39 is 0 Å². The average molecular weight is 285 g/mol. The quantitative estimate of drug-likeness (QED) is 0.752. The molecule has 3 rings (SSSR count). The highest BCUT2D eigenvalue weighted by Crippen LogP contribution is 2.25. The molecule has 3 aromatic rings. The Morgan fingerprint density at radius 1 is 1.20 bits per heavy atom. The zero-order valence-corrected chi connectivity index (χ0v) is 11.4. The van der Waals surface area contributed by atoms with Crippen LogP contribution in [0.1, 0.15) is 5.69 Å². The van der Waals surface area contributed by atoms with E-state index in [1.54, 1.807) is 10.5 Å². The van der Waals surface area contributed by atoms with Gasteiger partial charge in [0.25, 0.3) is 0 Å². The molecule has 2 heterocycles. The van der Waals surface area contributed by atoms with Crippen LogP contribution in [0.15, 0.2) is 48.7 Å². The van der Waals surface area contributed by atoms with Crippen LogP contribution in [0.5, 0.6) is 0 Å². The number of halogens is 1. The molecule has 5 heteroatoms. The molecule has 1 aromatic carbocycles. The molecule has 0 aliphatic rings. The van der Waals surface area contributed by atoms with Gasteiger partial charge >= 0.3 is 0 Å². The standard InChI is InChI=1S/C15H12FN3S/c16-11-6-7-14-18-15(10-4-2-1-3-5-10)12(8-13(17)20)19(14)9-11/h1-7,9H,8H2,(H2,17,20). The molecule has 100 valence electrons. The van der Waals surface area contributed by atoms with Gasteiger partial charge in [0, 0.05) is 18.2 Å². The number of pyridine rings is 1. The van der Waals surface area contributed by atoms with Crippen molar-refractivity contribution in [1.82, 2.24) is 9.38 Å². The highest BCUT2D eigenvalue weighted by molar-refractivity contribution is 7.80. The Morgan fingerprint density at radius 3 is 2.65 bits per heavy atom. The molecule has 0 unspecified atom stereocenters. The Bertz CT molecular complexity index is 780. The summed E-state index contributed by atoms with van der Waals surface area (Å²) in [5, 5.41) is 0. The van der Waals surface area contributed by atoms with Crippen LogP contribution in [0.4, 0.5) is 4.39 Å². The van der Waals surface area contributed by atoms with Crippen molar-refractivity contribution in [3.8, 4) is 11.3 Å². The second-order valence-electron chi connectivity index (χ2n) is 4.49. The lowest BCUT2D eigenvalue weighted by molar-refractivity contribution is 0.618. The van der Waals surface area contributed by atoms with Crippen molar-refractivity contribution < 1.29 is 4.39 Å². The molecule has 2 N–H and O–H groups in total. The highest BCUT2D eigenvalue weighted by Gasteiger charge is 2.14. The largest absolute Gasteiger partial charge is 0.393 e. The zero-order valence-electron chi connectivity index (χ0n) is 10.6. The number of nitrogens with two attached hydrogens (primary N) is 1. The van der Waals surface area contributed by atoms with Gasteiger partial charge in [-0.3, -0.25) is 0 Å². The topological polar surface area (TPSA) is 43.3 Å². The summed E-state index contributed by atoms with van der Waals surface area (Å²) in [6.07, 6.45) is 1.78. The number of rotatable bonds is 3. The number of hydrogen-bond donors (Lipinski definition) is 1. The number of nitrogens with zero attached hydrogens (tertiary/aromatic N) is 2. The first-order chi connectivity index (χ1) is 9.65. The van der Waals surface area contributed by atoms with Crippen LogP contribution in [-0.2, 0) is 6.42 Å². The smallest absolute Gasteiger partial charge is 0.139 e. The summed E-state index contributed by atoms with van der Waals surface area (Å²) in [5.41, 5.74) is 8.88. The van der Waals surface area contributed by atoms with Crippen LogP contribution in [0.2, 0.25) is 0 Å². The molecule has 3 nitrogen and oxygen atoms in total. The van der Waals surface area contributed by atoms with E-state index in [0.29, 0.717) is 17.1 Å². The molecule has 0 bridgehead atoms. The SMILES string of the molecule is NC(=S)Cc1c(-c2ccccc2)nc2ccc(F)cn12. The second-order valence-corrected chi connectivity index (χ2v) is 5.02. The minimum Gasteiger partial charge on any atom is -0.393 e. The fourth-order valence-electron chi connectivity index (χ4n) is 2.23. The fraction of sp³-hybridized carbons (Fsp3) is 0.0667. The third-order valence-electron chi connectivity index (χ3n) is 3.07. The van der Waals surface area contributed by atoms with Gasteiger partial charge in [0.05, 0.1) is 16.4 Å². The number of fused-ring (bicyclic) bond motifs is 1. The van der Waals surface area contributed by atoms with Gasteiger partial charge in [-0.25, -0.2) is 9.37 Å². The Morgan fingerprint density at radius 2 is 1.95 bits per heavy atom. The first-order valence-electron chi connectivity index (χ1n) is 6.15. The Labute approximate surface area is 120 Å². The van der Waals surface area contributed by atoms with Crippen LogP contribution in [0.3, 0.4) is 0 Å². The fourth-order valence-corrected chi connectivity index (χ4v) is 2.37. The summed E-state index contributed by atoms with van der Waals surface area (Å²) in [5.74, 6) is -0.321. The molecule has 0 aliphatic heterocycles. The molecule has 0 saturated carbocycles. The van der Waals surface area contributed by atoms with Gasteiger partial charge in [-0.05, 0) is 12.1 Å². The highest BCUT2D eigenvalue weighted by atomic mass is 32.1. The van der Waals surface area contributed by atoms with E-state index in [-0.39, 0.29) is 5.82 Å². The van der Waals surface area contributed by atoms with Crippen LogP contribution in [0, 0.1) is 5.82 Å². The molecule has 0 radical (unpaired) electrons. The molecule has 0 aliphatic carbocycles. The maximum atomic E-state index is 13.5. The monoisotopic (exact) mass is 285 g/mol. The second kappa shape index (κ2) is 5.02. The molecule has 0 saturated heterocycles. The van der Waals surface area contributed by atoms with E-state index in [2.05, 4.69) is 4.98 Å². The number of hydrogen-bond acceptors (Lipinski definition) is 2. The Hall–Kier alpha value is -2.27. The van der Waals surface area contributed by atoms with Crippen molar-refractivity contribution >= 4 is 22.9 Å². The summed E-state index contributed by atoms with van der Waals surface area (Å²) in [4.78, 5) is 4.91. The van der Waals surface area contributed by atoms with E-state index in [9.17, 15) is 4.39 Å². The molecule has 0 fully saturated rings. The third kappa shape index (κ3) is 2.28. The summed E-state index contributed by atoms with van der Waals surface area (Å²) in [6.45, 7) is 0. The predicted molar refractivity (Wildman–Crippen MR) is 81.1 cm³/mol. The number of thiocarbonyl (C=S) groups is 1. The summed E-state index contributed by atoms with van der Waals surface area (Å²) in [7, 11) is 0. The summed E-state index contributed by atoms with van der Waals surface area (Å²) in [6, 6.07) is 12.8. The molecule has 2 aromatic heterocycles. The van der Waals surface area contributed by atoms with Crippen molar-refractivity contribution in [3.63, 3.8) is 0 Å². The minimum atomic E-state index is -0.321. The first-order valence-corrected chi connectivity index (χ1v) is 6.56. The number of benzene rings is 1. The van der Waals surface area contributed by atoms with Crippen molar-refractivity contribution in [2.24, 2.45) is 5.73 Å². The lowest BCUT2D eigenvalue weighted by atomic mass is 10.1. The van der Waals surface area contributed by atoms with Gasteiger partial charge in [0.1, 0.15) is 11.5 Å². The van der Waals surface area contributed by atoms with E-state index in [0.717, 1.165) is 17.0 Å². The van der Waals surface area contributed by atoms with Gasteiger partial charge in [0.15, 0.2) is 0 Å². The van der Waals surface area contributed by atoms with Crippen molar-refractivity contribution in [3.05, 3.63) is 60.2 Å². The van der Waals surface area contributed by atoms with Crippen molar-refractivity contribution in [2.75, 3.05) is 0 Å². The van der Waals surface area contributed by atoms with Crippen LogP contribution in [-0.4, -0.2) is 14.4 Å². The van der Waals surface area contributed by atoms with Crippen LogP contribution < -0.4 is 5.73 Å². The average Bonchev–Trinajstić information content (AvgIpc) is 2.77. The maximum Gasteiger partial charge on any atom is 0.139 e. The number of aromatic nitrogens is 2. The van der Waals surface area contributed by atoms with Gasteiger partial charge < -0.3 is 10.1 Å². The molecular weight excluding hydrogens is 273 g/mol. The van der Waals surface area contributed by atoms with Gasteiger partial charge in [0.2, 0.25) is 0 Å². The summed E-state index contributed by atoms with van der Waals surface area (Å²) < 4.78 is 15.2. The summed E-state index contributed by atoms with van der Waals surface area (Å²) >= 11 is 4.99. The third-order valence-corrected chi connectivity index (χ3v) is 3.21. The molecule has 0 atom stereocenters. The van der Waals surface area contributed by atoms with E-state index in [1.165, 1.54) is 12.3 Å². The first kappa shape index (κ1) is 12.7.